The molecule has 1 saturated carbocycles. The first kappa shape index (κ1) is 27.1. The molecule has 0 spiro atoms. The molecule has 2 N–H and O–H groups in total. The lowest BCUT2D eigenvalue weighted by Crippen LogP contribution is -2.40. The summed E-state index contributed by atoms with van der Waals surface area (Å²) in [6, 6.07) is 9.41. The van der Waals surface area contributed by atoms with Crippen molar-refractivity contribution in [2.24, 2.45) is 5.73 Å². The zero-order valence-corrected chi connectivity index (χ0v) is 23.1. The van der Waals surface area contributed by atoms with E-state index in [-0.39, 0.29) is 18.6 Å². The average molecular weight is 610 g/mol. The first-order valence-corrected chi connectivity index (χ1v) is 13.0. The number of primary amides is 1. The largest absolute Gasteiger partial charge is 0.495 e. The van der Waals surface area contributed by atoms with Gasteiger partial charge in [0.25, 0.3) is 5.91 Å². The number of benzene rings is 2. The minimum atomic E-state index is -0.564. The molecule has 0 unspecified atom stereocenters. The van der Waals surface area contributed by atoms with E-state index in [0.29, 0.717) is 23.8 Å². The van der Waals surface area contributed by atoms with Gasteiger partial charge in [-0.15, -0.1) is 0 Å². The van der Waals surface area contributed by atoms with Crippen molar-refractivity contribution in [1.29, 1.82) is 0 Å². The first-order chi connectivity index (χ1) is 16.8. The summed E-state index contributed by atoms with van der Waals surface area (Å²) in [6.45, 7) is 0.196. The van der Waals surface area contributed by atoms with Gasteiger partial charge >= 0.3 is 0 Å². The van der Waals surface area contributed by atoms with Crippen LogP contribution in [0, 0.1) is 0 Å². The Morgan fingerprint density at radius 2 is 1.80 bits per heavy atom. The zero-order valence-electron chi connectivity index (χ0n) is 19.9. The molecule has 35 heavy (non-hydrogen) atoms. The van der Waals surface area contributed by atoms with Crippen molar-refractivity contribution in [2.45, 2.75) is 44.7 Å². The third-order valence-electron chi connectivity index (χ3n) is 5.90. The highest BCUT2D eigenvalue weighted by Gasteiger charge is 2.25. The van der Waals surface area contributed by atoms with Crippen LogP contribution in [0.5, 0.6) is 17.2 Å². The smallest absolute Gasteiger partial charge is 0.255 e. The maximum Gasteiger partial charge on any atom is 0.255 e. The number of carbonyl (C=O) groups excluding carboxylic acids is 2. The number of carbonyl (C=O) groups is 2. The van der Waals surface area contributed by atoms with Crippen LogP contribution in [0.2, 0.25) is 0 Å². The lowest BCUT2D eigenvalue weighted by molar-refractivity contribution is -0.129. The van der Waals surface area contributed by atoms with E-state index in [4.69, 9.17) is 19.9 Å². The van der Waals surface area contributed by atoms with Crippen molar-refractivity contribution in [3.63, 3.8) is 0 Å². The molecule has 2 amide bonds. The van der Waals surface area contributed by atoms with E-state index in [2.05, 4.69) is 31.9 Å². The maximum atomic E-state index is 13.5. The quantitative estimate of drug-likeness (QED) is 0.361. The highest BCUT2D eigenvalue weighted by Crippen LogP contribution is 2.34. The van der Waals surface area contributed by atoms with E-state index < -0.39 is 5.91 Å². The fraction of sp³-hybridized carbons (Fsp3) is 0.385. The Hall–Kier alpha value is -2.52. The number of rotatable bonds is 10. The van der Waals surface area contributed by atoms with Gasteiger partial charge in [0.1, 0.15) is 5.75 Å². The summed E-state index contributed by atoms with van der Waals surface area (Å²) in [5.41, 5.74) is 6.88. The number of nitrogens with two attached hydrogens (primary N) is 1. The Kier molecular flexibility index (Phi) is 10.0. The average Bonchev–Trinajstić information content (AvgIpc) is 2.85. The molecule has 0 radical (unpaired) electrons. The fourth-order valence-corrected chi connectivity index (χ4v) is 5.65. The minimum absolute atomic E-state index is 0.0666. The monoisotopic (exact) mass is 608 g/mol. The van der Waals surface area contributed by atoms with Gasteiger partial charge in [0, 0.05) is 28.7 Å². The highest BCUT2D eigenvalue weighted by molar-refractivity contribution is 9.11. The molecule has 0 heterocycles. The second kappa shape index (κ2) is 13.0. The molecule has 188 valence electrons. The van der Waals surface area contributed by atoms with Crippen molar-refractivity contribution >= 4 is 49.8 Å². The number of halogens is 2. The van der Waals surface area contributed by atoms with E-state index in [1.54, 1.807) is 25.3 Å². The van der Waals surface area contributed by atoms with Crippen molar-refractivity contribution in [1.82, 2.24) is 4.90 Å². The van der Waals surface area contributed by atoms with E-state index in [1.807, 2.05) is 29.2 Å². The van der Waals surface area contributed by atoms with E-state index >= 15 is 0 Å². The van der Waals surface area contributed by atoms with Crippen LogP contribution in [0.25, 0.3) is 6.08 Å². The molecule has 2 aromatic rings. The summed E-state index contributed by atoms with van der Waals surface area (Å²) in [4.78, 5) is 26.4. The van der Waals surface area contributed by atoms with Crippen molar-refractivity contribution < 1.29 is 23.8 Å². The molecular weight excluding hydrogens is 580 g/mol. The molecule has 0 bridgehead atoms. The molecule has 1 aliphatic carbocycles. The molecule has 1 aliphatic rings. The Morgan fingerprint density at radius 3 is 2.46 bits per heavy atom. The Morgan fingerprint density at radius 1 is 1.06 bits per heavy atom. The second-order valence-corrected chi connectivity index (χ2v) is 10.1. The summed E-state index contributed by atoms with van der Waals surface area (Å²) in [5, 5.41) is 0. The van der Waals surface area contributed by atoms with Crippen molar-refractivity contribution in [2.75, 3.05) is 20.8 Å². The summed E-state index contributed by atoms with van der Waals surface area (Å²) < 4.78 is 18.1. The molecule has 0 aromatic heterocycles. The van der Waals surface area contributed by atoms with Gasteiger partial charge in [-0.2, -0.15) is 0 Å². The van der Waals surface area contributed by atoms with E-state index in [0.717, 1.165) is 45.8 Å². The van der Waals surface area contributed by atoms with Crippen LogP contribution in [-0.2, 0) is 16.1 Å². The number of methoxy groups -OCH3 is 2. The predicted octanol–water partition coefficient (Wildman–Crippen LogP) is 5.47. The topological polar surface area (TPSA) is 91.1 Å². The molecule has 0 saturated heterocycles. The molecule has 1 fully saturated rings. The Bertz CT molecular complexity index is 1080. The highest BCUT2D eigenvalue weighted by atomic mass is 79.9. The number of nitrogens with zero attached hydrogens (tertiary/aromatic N) is 1. The number of ether oxygens (including phenoxy) is 3. The number of hydrogen-bond donors (Lipinski definition) is 1. The standard InChI is InChI=1S/C26H30Br2N2O5/c1-33-23-12-17(8-10-22(23)35-16-24(29)31)15-30(20-6-4-3-5-7-20)25(32)11-9-18-13-19(27)14-21(28)26(18)34-2/h8-14,20H,3-7,15-16H2,1-2H3,(H2,29,31)/b11-9+. The van der Waals surface area contributed by atoms with Gasteiger partial charge in [-0.3, -0.25) is 9.59 Å². The fourth-order valence-electron chi connectivity index (χ4n) is 4.23. The van der Waals surface area contributed by atoms with Crippen LogP contribution in [0.1, 0.15) is 43.2 Å². The summed E-state index contributed by atoms with van der Waals surface area (Å²) >= 11 is 7.00. The minimum Gasteiger partial charge on any atom is -0.495 e. The van der Waals surface area contributed by atoms with Crippen LogP contribution in [0.15, 0.2) is 45.4 Å². The molecular formula is C26H30Br2N2O5. The van der Waals surface area contributed by atoms with Crippen LogP contribution < -0.4 is 19.9 Å². The first-order valence-electron chi connectivity index (χ1n) is 11.4. The molecule has 0 aliphatic heterocycles. The second-order valence-electron chi connectivity index (χ2n) is 8.34. The molecule has 9 heteroatoms. The van der Waals surface area contributed by atoms with Gasteiger partial charge in [0.2, 0.25) is 5.91 Å². The van der Waals surface area contributed by atoms with Crippen LogP contribution in [-0.4, -0.2) is 43.6 Å². The van der Waals surface area contributed by atoms with Crippen molar-refractivity contribution in [3.05, 3.63) is 56.5 Å². The molecule has 7 nitrogen and oxygen atoms in total. The van der Waals surface area contributed by atoms with Gasteiger partial charge in [-0.05, 0) is 64.7 Å². The third kappa shape index (κ3) is 7.48. The lowest BCUT2D eigenvalue weighted by atomic mass is 9.93. The van der Waals surface area contributed by atoms with Gasteiger partial charge in [-0.1, -0.05) is 41.3 Å². The third-order valence-corrected chi connectivity index (χ3v) is 6.94. The Labute approximate surface area is 222 Å². The Balaban J connectivity index is 1.85. The number of amides is 2. The number of hydrogen-bond acceptors (Lipinski definition) is 5. The molecule has 0 atom stereocenters. The van der Waals surface area contributed by atoms with Crippen LogP contribution >= 0.6 is 31.9 Å². The van der Waals surface area contributed by atoms with Crippen LogP contribution in [0.4, 0.5) is 0 Å². The van der Waals surface area contributed by atoms with Crippen molar-refractivity contribution in [3.8, 4) is 17.2 Å². The molecule has 2 aromatic carbocycles. The summed E-state index contributed by atoms with van der Waals surface area (Å²) in [5.74, 6) is 0.948. The summed E-state index contributed by atoms with van der Waals surface area (Å²) in [7, 11) is 3.14. The zero-order chi connectivity index (χ0) is 25.4. The van der Waals surface area contributed by atoms with Gasteiger partial charge in [-0.25, -0.2) is 0 Å². The molecule has 3 rings (SSSR count). The lowest BCUT2D eigenvalue weighted by Gasteiger charge is -2.34. The predicted molar refractivity (Wildman–Crippen MR) is 143 cm³/mol. The van der Waals surface area contributed by atoms with E-state index in [1.165, 1.54) is 13.5 Å². The summed E-state index contributed by atoms with van der Waals surface area (Å²) in [6.07, 6.45) is 8.74. The van der Waals surface area contributed by atoms with Gasteiger partial charge in [0.15, 0.2) is 18.1 Å². The van der Waals surface area contributed by atoms with Crippen LogP contribution in [0.3, 0.4) is 0 Å². The van der Waals surface area contributed by atoms with Gasteiger partial charge < -0.3 is 24.8 Å². The van der Waals surface area contributed by atoms with Gasteiger partial charge in [0.05, 0.1) is 18.7 Å². The van der Waals surface area contributed by atoms with E-state index in [9.17, 15) is 9.59 Å². The SMILES string of the molecule is COc1cc(CN(C(=O)/C=C/c2cc(Br)cc(Br)c2OC)C2CCCCC2)ccc1OCC(N)=O. The maximum absolute atomic E-state index is 13.5. The normalized spacial score (nSPS) is 14.1.